The molecule has 0 amide bonds. The Morgan fingerprint density at radius 1 is 1.33 bits per heavy atom. The molecule has 0 fully saturated rings. The largest absolute Gasteiger partial charge is 0.377 e. The molecule has 1 unspecified atom stereocenters. The van der Waals surface area contributed by atoms with Gasteiger partial charge in [0, 0.05) is 20.1 Å². The first-order valence-electron chi connectivity index (χ1n) is 7.78. The number of aryl methyl sites for hydroxylation is 2. The first-order chi connectivity index (χ1) is 10.0. The Balaban J connectivity index is 3.14. The lowest BCUT2D eigenvalue weighted by Crippen LogP contribution is -2.55. The van der Waals surface area contributed by atoms with E-state index >= 15 is 0 Å². The zero-order chi connectivity index (χ0) is 16.0. The van der Waals surface area contributed by atoms with Crippen LogP contribution in [0.4, 0.5) is 0 Å². The number of nitrogens with two attached hydrogens (primary N) is 1. The highest BCUT2D eigenvalue weighted by Crippen LogP contribution is 2.30. The van der Waals surface area contributed by atoms with E-state index in [1.807, 2.05) is 0 Å². The highest BCUT2D eigenvalue weighted by atomic mass is 79.9. The second-order valence-electron chi connectivity index (χ2n) is 5.28. The lowest BCUT2D eigenvalue weighted by Gasteiger charge is -2.38. The van der Waals surface area contributed by atoms with Crippen molar-refractivity contribution in [2.75, 3.05) is 7.11 Å². The van der Waals surface area contributed by atoms with Gasteiger partial charge in [-0.15, -0.1) is 0 Å². The molecule has 1 rings (SSSR count). The van der Waals surface area contributed by atoms with Crippen LogP contribution in [0.15, 0.2) is 4.47 Å². The summed E-state index contributed by atoms with van der Waals surface area (Å²) in [6.07, 6.45) is 3.52. The highest BCUT2D eigenvalue weighted by molar-refractivity contribution is 9.10. The van der Waals surface area contributed by atoms with Crippen LogP contribution in [0.1, 0.15) is 51.9 Å². The summed E-state index contributed by atoms with van der Waals surface area (Å²) in [6, 6.07) is 0.0421. The maximum atomic E-state index is 5.84. The second-order valence-corrected chi connectivity index (χ2v) is 6.07. The van der Waals surface area contributed by atoms with E-state index < -0.39 is 0 Å². The van der Waals surface area contributed by atoms with Crippen LogP contribution in [0.5, 0.6) is 0 Å². The van der Waals surface area contributed by atoms with Crippen LogP contribution in [0, 0.1) is 0 Å². The summed E-state index contributed by atoms with van der Waals surface area (Å²) in [4.78, 5) is 0. The Morgan fingerprint density at radius 2 is 1.95 bits per heavy atom. The number of hydrogen-bond acceptors (Lipinski definition) is 4. The van der Waals surface area contributed by atoms with Gasteiger partial charge in [0.2, 0.25) is 0 Å². The molecule has 1 heterocycles. The molecule has 0 radical (unpaired) electrons. The lowest BCUT2D eigenvalue weighted by molar-refractivity contribution is -0.0477. The quantitative estimate of drug-likeness (QED) is 0.524. The lowest BCUT2D eigenvalue weighted by atomic mass is 9.85. The number of ether oxygens (including phenoxy) is 1. The molecule has 0 spiro atoms. The molecule has 0 aliphatic rings. The van der Waals surface area contributed by atoms with Crippen LogP contribution < -0.4 is 11.3 Å². The van der Waals surface area contributed by atoms with Gasteiger partial charge >= 0.3 is 0 Å². The first-order valence-corrected chi connectivity index (χ1v) is 8.57. The van der Waals surface area contributed by atoms with E-state index in [9.17, 15) is 0 Å². The van der Waals surface area contributed by atoms with E-state index in [1.165, 1.54) is 5.69 Å². The van der Waals surface area contributed by atoms with Crippen molar-refractivity contribution in [3.05, 3.63) is 15.9 Å². The van der Waals surface area contributed by atoms with Gasteiger partial charge < -0.3 is 4.74 Å². The Morgan fingerprint density at radius 3 is 2.33 bits per heavy atom. The average Bonchev–Trinajstić information content (AvgIpc) is 2.83. The van der Waals surface area contributed by atoms with E-state index in [2.05, 4.69) is 58.8 Å². The van der Waals surface area contributed by atoms with Crippen molar-refractivity contribution in [1.82, 2.24) is 15.2 Å². The number of halogens is 1. The molecule has 3 N–H and O–H groups in total. The molecule has 0 aliphatic carbocycles. The van der Waals surface area contributed by atoms with Crippen molar-refractivity contribution < 1.29 is 4.74 Å². The number of rotatable bonds is 9. The van der Waals surface area contributed by atoms with E-state index in [4.69, 9.17) is 10.6 Å². The van der Waals surface area contributed by atoms with Crippen molar-refractivity contribution in [3.63, 3.8) is 0 Å². The van der Waals surface area contributed by atoms with Gasteiger partial charge in [-0.3, -0.25) is 16.0 Å². The van der Waals surface area contributed by atoms with Crippen LogP contribution >= 0.6 is 15.9 Å². The molecule has 0 bridgehead atoms. The highest BCUT2D eigenvalue weighted by Gasteiger charge is 2.36. The molecule has 0 saturated heterocycles. The first kappa shape index (κ1) is 18.6. The minimum Gasteiger partial charge on any atom is -0.377 e. The smallest absolute Gasteiger partial charge is 0.0843 e. The monoisotopic (exact) mass is 360 g/mol. The van der Waals surface area contributed by atoms with Crippen LogP contribution in [0.3, 0.4) is 0 Å². The molecule has 0 aromatic carbocycles. The third-order valence-corrected chi connectivity index (χ3v) is 5.45. The fourth-order valence-corrected chi connectivity index (χ4v) is 3.70. The number of nitrogens with one attached hydrogen (secondary N) is 1. The Hall–Kier alpha value is -0.430. The summed E-state index contributed by atoms with van der Waals surface area (Å²) in [5, 5.41) is 4.65. The molecule has 1 atom stereocenters. The maximum Gasteiger partial charge on any atom is 0.0843 e. The van der Waals surface area contributed by atoms with Gasteiger partial charge in [0.15, 0.2) is 0 Å². The number of aromatic nitrogens is 2. The molecule has 122 valence electrons. The molecule has 0 aliphatic heterocycles. The zero-order valence-electron chi connectivity index (χ0n) is 13.9. The predicted molar refractivity (Wildman–Crippen MR) is 90.1 cm³/mol. The summed E-state index contributed by atoms with van der Waals surface area (Å²) in [5.74, 6) is 5.84. The van der Waals surface area contributed by atoms with Gasteiger partial charge in [-0.25, -0.2) is 0 Å². The van der Waals surface area contributed by atoms with Crippen LogP contribution in [-0.4, -0.2) is 28.5 Å². The Labute approximate surface area is 136 Å². The van der Waals surface area contributed by atoms with E-state index in [0.717, 1.165) is 42.4 Å². The third-order valence-electron chi connectivity index (χ3n) is 4.53. The number of nitrogens with zero attached hydrogens (tertiary/aromatic N) is 2. The molecular formula is C15H29BrN4O. The van der Waals surface area contributed by atoms with Gasteiger partial charge in [-0.1, -0.05) is 20.8 Å². The fraction of sp³-hybridized carbons (Fsp3) is 0.800. The minimum atomic E-state index is -0.261. The number of hydrogen-bond donors (Lipinski definition) is 2. The number of hydrazine groups is 1. The second kappa shape index (κ2) is 8.27. The van der Waals surface area contributed by atoms with Crippen LogP contribution in [0.25, 0.3) is 0 Å². The molecule has 6 heteroatoms. The third kappa shape index (κ3) is 3.67. The normalized spacial score (nSPS) is 13.7. The molecule has 1 aromatic rings. The predicted octanol–water partition coefficient (Wildman–Crippen LogP) is 2.81. The minimum absolute atomic E-state index is 0.0421. The van der Waals surface area contributed by atoms with Crippen molar-refractivity contribution in [3.8, 4) is 0 Å². The van der Waals surface area contributed by atoms with Crippen molar-refractivity contribution in [2.24, 2.45) is 5.84 Å². The zero-order valence-corrected chi connectivity index (χ0v) is 15.5. The molecule has 1 aromatic heterocycles. The van der Waals surface area contributed by atoms with Gasteiger partial charge in [0.25, 0.3) is 0 Å². The maximum absolute atomic E-state index is 5.84. The van der Waals surface area contributed by atoms with E-state index in [1.54, 1.807) is 7.11 Å². The van der Waals surface area contributed by atoms with Crippen LogP contribution in [0.2, 0.25) is 0 Å². The van der Waals surface area contributed by atoms with Gasteiger partial charge in [0.05, 0.1) is 27.5 Å². The molecule has 5 nitrogen and oxygen atoms in total. The SMILES string of the molecule is CCc1nn(CC)c(CC(NN)C(CC)(CC)OC)c1Br. The topological polar surface area (TPSA) is 65.1 Å². The van der Waals surface area contributed by atoms with Gasteiger partial charge in [-0.05, 0) is 42.1 Å². The molecular weight excluding hydrogens is 332 g/mol. The number of methoxy groups -OCH3 is 1. The van der Waals surface area contributed by atoms with Crippen molar-refractivity contribution in [2.45, 2.75) is 71.6 Å². The Kier molecular flexibility index (Phi) is 7.33. The van der Waals surface area contributed by atoms with Gasteiger partial charge in [-0.2, -0.15) is 5.10 Å². The van der Waals surface area contributed by atoms with Crippen LogP contribution in [-0.2, 0) is 24.1 Å². The van der Waals surface area contributed by atoms with E-state index in [0.29, 0.717) is 0 Å². The molecule has 0 saturated carbocycles. The average molecular weight is 361 g/mol. The fourth-order valence-electron chi connectivity index (χ4n) is 2.98. The van der Waals surface area contributed by atoms with Crippen molar-refractivity contribution in [1.29, 1.82) is 0 Å². The molecule has 21 heavy (non-hydrogen) atoms. The Bertz CT molecular complexity index is 435. The van der Waals surface area contributed by atoms with Crippen molar-refractivity contribution >= 4 is 15.9 Å². The summed E-state index contributed by atoms with van der Waals surface area (Å²) in [5.41, 5.74) is 4.98. The summed E-state index contributed by atoms with van der Waals surface area (Å²) in [7, 11) is 1.76. The van der Waals surface area contributed by atoms with Gasteiger partial charge in [0.1, 0.15) is 0 Å². The summed E-state index contributed by atoms with van der Waals surface area (Å²) in [6.45, 7) is 9.36. The standard InChI is InChI=1S/C15H29BrN4O/c1-6-11-14(16)12(20(9-4)19-11)10-13(18-17)15(7-2,8-3)21-5/h13,18H,6-10,17H2,1-5H3. The summed E-state index contributed by atoms with van der Waals surface area (Å²) < 4.78 is 8.98. The van der Waals surface area contributed by atoms with E-state index in [-0.39, 0.29) is 11.6 Å². The summed E-state index contributed by atoms with van der Waals surface area (Å²) >= 11 is 3.70.